The van der Waals surface area contributed by atoms with Gasteiger partial charge in [0.1, 0.15) is 12.4 Å². The fourth-order valence-electron chi connectivity index (χ4n) is 2.07. The zero-order chi connectivity index (χ0) is 13.5. The van der Waals surface area contributed by atoms with E-state index in [1.54, 1.807) is 12.2 Å². The molecule has 1 saturated carbocycles. The highest BCUT2D eigenvalue weighted by Gasteiger charge is 2.41. The van der Waals surface area contributed by atoms with E-state index in [0.717, 1.165) is 12.8 Å². The third-order valence-electron chi connectivity index (χ3n) is 3.17. The predicted octanol–water partition coefficient (Wildman–Crippen LogP) is 1.02. The van der Waals surface area contributed by atoms with Gasteiger partial charge in [0.2, 0.25) is 0 Å². The molecule has 0 unspecified atom stereocenters. The molecule has 4 atom stereocenters. The molecule has 0 aromatic heterocycles. The van der Waals surface area contributed by atoms with E-state index in [1.807, 2.05) is 12.2 Å². The number of aldehydes is 1. The molecule has 4 nitrogen and oxygen atoms in total. The number of carbonyl (C=O) groups excluding carboxylic acids is 2. The van der Waals surface area contributed by atoms with Gasteiger partial charge >= 0.3 is 0 Å². The second-order valence-electron chi connectivity index (χ2n) is 4.58. The highest BCUT2D eigenvalue weighted by atomic mass is 16.3. The summed E-state index contributed by atoms with van der Waals surface area (Å²) in [6, 6.07) is 0. The summed E-state index contributed by atoms with van der Waals surface area (Å²) in [5.74, 6) is -1.77. The first-order chi connectivity index (χ1) is 8.61. The summed E-state index contributed by atoms with van der Waals surface area (Å²) in [6.45, 7) is 2.08. The first kappa shape index (κ1) is 14.8. The summed E-state index contributed by atoms with van der Waals surface area (Å²) >= 11 is 0. The lowest BCUT2D eigenvalue weighted by atomic mass is 9.76. The van der Waals surface area contributed by atoms with Crippen LogP contribution in [-0.2, 0) is 9.59 Å². The molecule has 0 aromatic carbocycles. The van der Waals surface area contributed by atoms with Crippen molar-refractivity contribution in [2.24, 2.45) is 11.8 Å². The largest absolute Gasteiger partial charge is 0.390 e. The number of allylic oxidation sites excluding steroid dienone is 4. The van der Waals surface area contributed by atoms with Crippen LogP contribution in [0.2, 0.25) is 0 Å². The summed E-state index contributed by atoms with van der Waals surface area (Å²) in [5, 5.41) is 18.9. The van der Waals surface area contributed by atoms with Gasteiger partial charge in [-0.25, -0.2) is 0 Å². The molecule has 0 heterocycles. The maximum atomic E-state index is 11.6. The molecule has 0 saturated heterocycles. The summed E-state index contributed by atoms with van der Waals surface area (Å²) in [4.78, 5) is 22.5. The van der Waals surface area contributed by atoms with Crippen LogP contribution in [0.25, 0.3) is 0 Å². The average molecular weight is 252 g/mol. The Morgan fingerprint density at radius 2 is 2.06 bits per heavy atom. The van der Waals surface area contributed by atoms with Crippen molar-refractivity contribution in [1.82, 2.24) is 0 Å². The zero-order valence-corrected chi connectivity index (χ0v) is 10.5. The number of unbranched alkanes of at least 4 members (excludes halogenated alkanes) is 1. The summed E-state index contributed by atoms with van der Waals surface area (Å²) in [7, 11) is 0. The van der Waals surface area contributed by atoms with Gasteiger partial charge in [0.05, 0.1) is 12.0 Å². The monoisotopic (exact) mass is 252 g/mol. The molecular formula is C14H20O4. The van der Waals surface area contributed by atoms with Crippen LogP contribution in [0, 0.1) is 11.8 Å². The number of Topliss-reactive ketones (excluding diaryl/α,β-unsaturated/α-hetero) is 1. The van der Waals surface area contributed by atoms with Crippen molar-refractivity contribution in [3.05, 3.63) is 24.3 Å². The van der Waals surface area contributed by atoms with Crippen molar-refractivity contribution in [2.45, 2.75) is 38.4 Å². The molecule has 0 aromatic rings. The van der Waals surface area contributed by atoms with E-state index in [4.69, 9.17) is 0 Å². The number of aliphatic hydroxyl groups excluding tert-OH is 2. The Morgan fingerprint density at radius 1 is 1.33 bits per heavy atom. The topological polar surface area (TPSA) is 74.6 Å². The van der Waals surface area contributed by atoms with Crippen LogP contribution in [0.1, 0.15) is 26.2 Å². The molecule has 1 rings (SSSR count). The van der Waals surface area contributed by atoms with Gasteiger partial charge in [-0.3, -0.25) is 4.79 Å². The molecule has 0 bridgehead atoms. The molecule has 1 aliphatic rings. The lowest BCUT2D eigenvalue weighted by molar-refractivity contribution is -0.146. The Hall–Kier alpha value is -1.26. The number of hydrogen-bond donors (Lipinski definition) is 2. The van der Waals surface area contributed by atoms with E-state index in [9.17, 15) is 19.8 Å². The third-order valence-corrected chi connectivity index (χ3v) is 3.17. The van der Waals surface area contributed by atoms with Gasteiger partial charge in [-0.05, 0) is 18.8 Å². The first-order valence-corrected chi connectivity index (χ1v) is 6.30. The van der Waals surface area contributed by atoms with Crippen LogP contribution in [0.15, 0.2) is 24.3 Å². The van der Waals surface area contributed by atoms with Gasteiger partial charge in [-0.1, -0.05) is 37.6 Å². The van der Waals surface area contributed by atoms with Crippen LogP contribution in [0.4, 0.5) is 0 Å². The third kappa shape index (κ3) is 3.62. The van der Waals surface area contributed by atoms with E-state index in [-0.39, 0.29) is 12.3 Å². The number of rotatable bonds is 5. The summed E-state index contributed by atoms with van der Waals surface area (Å²) in [5.41, 5.74) is 0. The highest BCUT2D eigenvalue weighted by molar-refractivity contribution is 5.97. The molecule has 0 amide bonds. The van der Waals surface area contributed by atoms with Crippen molar-refractivity contribution in [2.75, 3.05) is 0 Å². The molecule has 0 spiro atoms. The van der Waals surface area contributed by atoms with Crippen LogP contribution < -0.4 is 0 Å². The zero-order valence-electron chi connectivity index (χ0n) is 10.5. The van der Waals surface area contributed by atoms with E-state index in [1.165, 1.54) is 0 Å². The maximum Gasteiger partial charge on any atom is 0.174 e. The maximum absolute atomic E-state index is 11.6. The van der Waals surface area contributed by atoms with Crippen molar-refractivity contribution < 1.29 is 19.8 Å². The van der Waals surface area contributed by atoms with Crippen molar-refractivity contribution >= 4 is 12.1 Å². The number of aliphatic hydroxyl groups is 2. The minimum Gasteiger partial charge on any atom is -0.390 e. The minimum atomic E-state index is -1.43. The molecule has 2 N–H and O–H groups in total. The Kier molecular flexibility index (Phi) is 5.95. The molecule has 18 heavy (non-hydrogen) atoms. The first-order valence-electron chi connectivity index (χ1n) is 6.30. The standard InChI is InChI=1S/C14H20O4/c1-2-3-4-5-6-7-10-8-12(16)14(18)13(17)11(10)9-15/h4-7,9-12,14,16,18H,2-3,8H2,1H3/t10-,11+,12-,14-/m1/s1. The van der Waals surface area contributed by atoms with Crippen LogP contribution >= 0.6 is 0 Å². The summed E-state index contributed by atoms with van der Waals surface area (Å²) < 4.78 is 0. The molecule has 1 fully saturated rings. The number of ketones is 1. The normalized spacial score (nSPS) is 33.4. The second-order valence-corrected chi connectivity index (χ2v) is 4.58. The second kappa shape index (κ2) is 7.24. The van der Waals surface area contributed by atoms with Gasteiger partial charge < -0.3 is 15.0 Å². The van der Waals surface area contributed by atoms with Crippen molar-refractivity contribution in [1.29, 1.82) is 0 Å². The minimum absolute atomic E-state index is 0.231. The Labute approximate surface area is 107 Å². The fraction of sp³-hybridized carbons (Fsp3) is 0.571. The Balaban J connectivity index is 2.68. The Bertz CT molecular complexity index is 346. The van der Waals surface area contributed by atoms with Gasteiger partial charge in [0.25, 0.3) is 0 Å². The van der Waals surface area contributed by atoms with E-state index >= 15 is 0 Å². The van der Waals surface area contributed by atoms with Gasteiger partial charge in [0.15, 0.2) is 5.78 Å². The lowest BCUT2D eigenvalue weighted by Gasteiger charge is -2.31. The van der Waals surface area contributed by atoms with Gasteiger partial charge in [-0.2, -0.15) is 0 Å². The van der Waals surface area contributed by atoms with Crippen LogP contribution in [0.5, 0.6) is 0 Å². The SMILES string of the molecule is CCCC=CC=C[C@@H]1C[C@@H](O)[C@@H](O)C(=O)[C@H]1C=O. The summed E-state index contributed by atoms with van der Waals surface area (Å²) in [6.07, 6.45) is 7.72. The molecular weight excluding hydrogens is 232 g/mol. The fourth-order valence-corrected chi connectivity index (χ4v) is 2.07. The molecule has 4 heteroatoms. The molecule has 100 valence electrons. The van der Waals surface area contributed by atoms with Crippen LogP contribution in [-0.4, -0.2) is 34.5 Å². The number of carbonyl (C=O) groups is 2. The van der Waals surface area contributed by atoms with Crippen LogP contribution in [0.3, 0.4) is 0 Å². The number of hydrogen-bond acceptors (Lipinski definition) is 4. The highest BCUT2D eigenvalue weighted by Crippen LogP contribution is 2.28. The van der Waals surface area contributed by atoms with Gasteiger partial charge in [0, 0.05) is 0 Å². The van der Waals surface area contributed by atoms with Crippen molar-refractivity contribution in [3.8, 4) is 0 Å². The predicted molar refractivity (Wildman–Crippen MR) is 67.9 cm³/mol. The lowest BCUT2D eigenvalue weighted by Crippen LogP contribution is -2.47. The van der Waals surface area contributed by atoms with Gasteiger partial charge in [-0.15, -0.1) is 0 Å². The average Bonchev–Trinajstić information content (AvgIpc) is 2.36. The Morgan fingerprint density at radius 3 is 2.67 bits per heavy atom. The van der Waals surface area contributed by atoms with E-state index < -0.39 is 23.9 Å². The van der Waals surface area contributed by atoms with E-state index in [2.05, 4.69) is 6.92 Å². The smallest absolute Gasteiger partial charge is 0.174 e. The quantitative estimate of drug-likeness (QED) is 0.435. The van der Waals surface area contributed by atoms with E-state index in [0.29, 0.717) is 6.29 Å². The van der Waals surface area contributed by atoms with Crippen molar-refractivity contribution in [3.63, 3.8) is 0 Å². The molecule has 0 aliphatic heterocycles. The molecule has 1 aliphatic carbocycles. The molecule has 0 radical (unpaired) electrons.